The molecule has 0 saturated carbocycles. The Labute approximate surface area is 159 Å². The van der Waals surface area contributed by atoms with Gasteiger partial charge in [-0.15, -0.1) is 0 Å². The number of nitrogens with one attached hydrogen (secondary N) is 1. The summed E-state index contributed by atoms with van der Waals surface area (Å²) in [7, 11) is 3.32. The molecule has 4 rings (SSSR count). The molecule has 0 aromatic heterocycles. The monoisotopic (exact) mass is 368 g/mol. The maximum atomic E-state index is 12.8. The number of benzene rings is 2. The fraction of sp³-hybridized carbons (Fsp3) is 0.381. The topological polar surface area (TPSA) is 60.0 Å². The molecule has 2 amide bonds. The van der Waals surface area contributed by atoms with E-state index in [1.165, 1.54) is 5.56 Å². The Morgan fingerprint density at radius 1 is 1.19 bits per heavy atom. The molecule has 2 aromatic rings. The minimum absolute atomic E-state index is 0.0369. The Balaban J connectivity index is 1.40. The molecule has 27 heavy (non-hydrogen) atoms. The quantitative estimate of drug-likeness (QED) is 0.905. The first-order valence-electron chi connectivity index (χ1n) is 9.18. The van der Waals surface area contributed by atoms with Gasteiger partial charge in [0.1, 0.15) is 23.9 Å². The summed E-state index contributed by atoms with van der Waals surface area (Å²) in [6.45, 7) is 1.74. The normalized spacial score (nSPS) is 18.0. The van der Waals surface area contributed by atoms with Crippen molar-refractivity contribution in [1.29, 1.82) is 0 Å². The highest BCUT2D eigenvalue weighted by Gasteiger charge is 2.27. The van der Waals surface area contributed by atoms with Gasteiger partial charge in [-0.05, 0) is 36.1 Å². The van der Waals surface area contributed by atoms with Gasteiger partial charge in [-0.3, -0.25) is 0 Å². The molecule has 1 atom stereocenters. The van der Waals surface area contributed by atoms with E-state index in [2.05, 4.69) is 11.4 Å². The van der Waals surface area contributed by atoms with Gasteiger partial charge >= 0.3 is 6.03 Å². The lowest BCUT2D eigenvalue weighted by Crippen LogP contribution is -2.50. The van der Waals surface area contributed by atoms with Crippen molar-refractivity contribution in [3.05, 3.63) is 53.1 Å². The minimum atomic E-state index is -0.0472. The lowest BCUT2D eigenvalue weighted by atomic mass is 9.99. The summed E-state index contributed by atoms with van der Waals surface area (Å²) in [4.78, 5) is 14.6. The molecule has 6 heteroatoms. The van der Waals surface area contributed by atoms with Crippen molar-refractivity contribution in [3.8, 4) is 17.2 Å². The van der Waals surface area contributed by atoms with Gasteiger partial charge in [0.15, 0.2) is 0 Å². The maximum absolute atomic E-state index is 12.8. The number of methoxy groups -OCH3 is 2. The number of fused-ring (bicyclic) bond motifs is 2. The second kappa shape index (κ2) is 7.39. The smallest absolute Gasteiger partial charge is 0.318 e. The molecule has 1 unspecified atom stereocenters. The van der Waals surface area contributed by atoms with Crippen LogP contribution in [0.25, 0.3) is 0 Å². The predicted octanol–water partition coefficient (Wildman–Crippen LogP) is 2.78. The third-order valence-electron chi connectivity index (χ3n) is 5.24. The summed E-state index contributed by atoms with van der Waals surface area (Å²) in [5.74, 6) is 2.51. The van der Waals surface area contributed by atoms with Crippen molar-refractivity contribution in [2.45, 2.75) is 25.4 Å². The van der Waals surface area contributed by atoms with Crippen LogP contribution >= 0.6 is 0 Å². The van der Waals surface area contributed by atoms with Crippen LogP contribution in [0.15, 0.2) is 36.4 Å². The van der Waals surface area contributed by atoms with E-state index in [-0.39, 0.29) is 12.1 Å². The molecule has 2 aromatic carbocycles. The Morgan fingerprint density at radius 3 is 2.89 bits per heavy atom. The highest BCUT2D eigenvalue weighted by molar-refractivity contribution is 5.75. The van der Waals surface area contributed by atoms with Crippen LogP contribution in [0.2, 0.25) is 0 Å². The number of nitrogens with zero attached hydrogens (tertiary/aromatic N) is 1. The van der Waals surface area contributed by atoms with Gasteiger partial charge in [0, 0.05) is 24.7 Å². The average Bonchev–Trinajstić information content (AvgIpc) is 2.72. The van der Waals surface area contributed by atoms with E-state index in [1.807, 2.05) is 35.2 Å². The molecule has 0 bridgehead atoms. The Hall–Kier alpha value is -2.89. The Bertz CT molecular complexity index is 852. The van der Waals surface area contributed by atoms with E-state index in [0.29, 0.717) is 19.7 Å². The number of hydrogen-bond donors (Lipinski definition) is 1. The summed E-state index contributed by atoms with van der Waals surface area (Å²) in [5.41, 5.74) is 3.43. The maximum Gasteiger partial charge on any atom is 0.318 e. The fourth-order valence-electron chi connectivity index (χ4n) is 3.78. The molecule has 142 valence electrons. The number of ether oxygens (including phenoxy) is 3. The lowest BCUT2D eigenvalue weighted by Gasteiger charge is -2.32. The van der Waals surface area contributed by atoms with Crippen molar-refractivity contribution >= 4 is 6.03 Å². The molecular weight excluding hydrogens is 344 g/mol. The predicted molar refractivity (Wildman–Crippen MR) is 102 cm³/mol. The van der Waals surface area contributed by atoms with Crippen molar-refractivity contribution in [2.75, 3.05) is 27.4 Å². The van der Waals surface area contributed by atoms with Crippen LogP contribution in [-0.4, -0.2) is 44.3 Å². The van der Waals surface area contributed by atoms with Gasteiger partial charge in [0.25, 0.3) is 0 Å². The van der Waals surface area contributed by atoms with Crippen LogP contribution in [0.3, 0.4) is 0 Å². The van der Waals surface area contributed by atoms with E-state index in [0.717, 1.165) is 41.2 Å². The van der Waals surface area contributed by atoms with Crippen molar-refractivity contribution in [3.63, 3.8) is 0 Å². The van der Waals surface area contributed by atoms with Crippen molar-refractivity contribution < 1.29 is 19.0 Å². The first-order chi connectivity index (χ1) is 13.2. The number of rotatable bonds is 3. The first-order valence-corrected chi connectivity index (χ1v) is 9.18. The SMILES string of the molecule is COc1ccc2c(c1)OCC(NC(=O)N1CCc3c(cccc3OC)C1)C2. The van der Waals surface area contributed by atoms with E-state index in [1.54, 1.807) is 14.2 Å². The molecule has 6 nitrogen and oxygen atoms in total. The summed E-state index contributed by atoms with van der Waals surface area (Å²) in [5, 5.41) is 3.12. The van der Waals surface area contributed by atoms with Gasteiger partial charge in [-0.2, -0.15) is 0 Å². The number of carbonyl (C=O) groups excluding carboxylic acids is 1. The molecule has 1 N–H and O–H groups in total. The number of carbonyl (C=O) groups is 1. The van der Waals surface area contributed by atoms with Crippen LogP contribution in [-0.2, 0) is 19.4 Å². The number of urea groups is 1. The fourth-order valence-corrected chi connectivity index (χ4v) is 3.78. The Kier molecular flexibility index (Phi) is 4.79. The van der Waals surface area contributed by atoms with Gasteiger partial charge in [0.05, 0.1) is 20.3 Å². The molecule has 2 aliphatic heterocycles. The van der Waals surface area contributed by atoms with Crippen LogP contribution in [0, 0.1) is 0 Å². The van der Waals surface area contributed by atoms with E-state index in [9.17, 15) is 4.79 Å². The summed E-state index contributed by atoms with van der Waals surface area (Å²) in [6, 6.07) is 11.7. The van der Waals surface area contributed by atoms with Crippen LogP contribution in [0.5, 0.6) is 17.2 Å². The highest BCUT2D eigenvalue weighted by atomic mass is 16.5. The largest absolute Gasteiger partial charge is 0.497 e. The van der Waals surface area contributed by atoms with E-state index >= 15 is 0 Å². The summed E-state index contributed by atoms with van der Waals surface area (Å²) in [6.07, 6.45) is 1.56. The third kappa shape index (κ3) is 3.52. The van der Waals surface area contributed by atoms with Crippen LogP contribution < -0.4 is 19.5 Å². The standard InChI is InChI=1S/C21H24N2O4/c1-25-17-7-6-14-10-16(13-27-20(14)11-17)22-21(24)23-9-8-18-15(12-23)4-3-5-19(18)26-2/h3-7,11,16H,8-10,12-13H2,1-2H3,(H,22,24). The molecule has 0 aliphatic carbocycles. The van der Waals surface area contributed by atoms with E-state index in [4.69, 9.17) is 14.2 Å². The minimum Gasteiger partial charge on any atom is -0.497 e. The van der Waals surface area contributed by atoms with Gasteiger partial charge in [-0.25, -0.2) is 4.79 Å². The summed E-state index contributed by atoms with van der Waals surface area (Å²) >= 11 is 0. The molecular formula is C21H24N2O4. The summed E-state index contributed by atoms with van der Waals surface area (Å²) < 4.78 is 16.5. The molecule has 0 radical (unpaired) electrons. The van der Waals surface area contributed by atoms with Crippen LogP contribution in [0.4, 0.5) is 4.79 Å². The third-order valence-corrected chi connectivity index (χ3v) is 5.24. The molecule has 2 heterocycles. The molecule has 0 fully saturated rings. The van der Waals surface area contributed by atoms with Gasteiger partial charge in [0.2, 0.25) is 0 Å². The Morgan fingerprint density at radius 2 is 2.07 bits per heavy atom. The van der Waals surface area contributed by atoms with Gasteiger partial charge < -0.3 is 24.4 Å². The van der Waals surface area contributed by atoms with Gasteiger partial charge in [-0.1, -0.05) is 18.2 Å². The zero-order valence-corrected chi connectivity index (χ0v) is 15.7. The van der Waals surface area contributed by atoms with Crippen molar-refractivity contribution in [2.24, 2.45) is 0 Å². The number of hydrogen-bond acceptors (Lipinski definition) is 4. The second-order valence-corrected chi connectivity index (χ2v) is 6.90. The molecule has 0 saturated heterocycles. The zero-order valence-electron chi connectivity index (χ0n) is 15.7. The molecule has 2 aliphatic rings. The highest BCUT2D eigenvalue weighted by Crippen LogP contribution is 2.30. The van der Waals surface area contributed by atoms with Crippen molar-refractivity contribution in [1.82, 2.24) is 10.2 Å². The zero-order chi connectivity index (χ0) is 18.8. The number of amides is 2. The lowest BCUT2D eigenvalue weighted by molar-refractivity contribution is 0.175. The first kappa shape index (κ1) is 17.5. The molecule has 0 spiro atoms. The van der Waals surface area contributed by atoms with E-state index < -0.39 is 0 Å². The van der Waals surface area contributed by atoms with Crippen LogP contribution in [0.1, 0.15) is 16.7 Å². The second-order valence-electron chi connectivity index (χ2n) is 6.90. The average molecular weight is 368 g/mol.